The lowest BCUT2D eigenvalue weighted by atomic mass is 10.1. The summed E-state index contributed by atoms with van der Waals surface area (Å²) in [7, 11) is 2.06. The van der Waals surface area contributed by atoms with Crippen LogP contribution in [0.1, 0.15) is 41.6 Å². The van der Waals surface area contributed by atoms with E-state index in [1.807, 2.05) is 31.2 Å². The van der Waals surface area contributed by atoms with E-state index in [-0.39, 0.29) is 5.78 Å². The molecule has 0 N–H and O–H groups in total. The second kappa shape index (κ2) is 6.14. The van der Waals surface area contributed by atoms with Gasteiger partial charge in [-0.1, -0.05) is 42.7 Å². The Labute approximate surface area is 110 Å². The van der Waals surface area contributed by atoms with Crippen LogP contribution in [0.3, 0.4) is 0 Å². The summed E-state index contributed by atoms with van der Waals surface area (Å²) < 4.78 is 0. The van der Waals surface area contributed by atoms with E-state index in [9.17, 15) is 4.79 Å². The molecule has 1 aliphatic rings. The van der Waals surface area contributed by atoms with E-state index in [0.29, 0.717) is 6.54 Å². The Balaban J connectivity index is 1.84. The Morgan fingerprint density at radius 3 is 2.44 bits per heavy atom. The van der Waals surface area contributed by atoms with Crippen molar-refractivity contribution >= 4 is 5.78 Å². The Bertz CT molecular complexity index is 390. The number of carbonyl (C=O) groups excluding carboxylic acids is 1. The lowest BCUT2D eigenvalue weighted by Gasteiger charge is -2.19. The Kier molecular flexibility index (Phi) is 4.54. The molecule has 1 aromatic carbocycles. The molecule has 0 atom stereocenters. The highest BCUT2D eigenvalue weighted by molar-refractivity contribution is 5.97. The van der Waals surface area contributed by atoms with E-state index >= 15 is 0 Å². The summed E-state index contributed by atoms with van der Waals surface area (Å²) in [4.78, 5) is 14.3. The Morgan fingerprint density at radius 1 is 1.22 bits per heavy atom. The van der Waals surface area contributed by atoms with Crippen molar-refractivity contribution in [3.8, 4) is 0 Å². The van der Waals surface area contributed by atoms with Crippen molar-refractivity contribution in [2.75, 3.05) is 20.1 Å². The van der Waals surface area contributed by atoms with Crippen LogP contribution in [0.4, 0.5) is 0 Å². The molecular weight excluding hydrogens is 222 g/mol. The van der Waals surface area contributed by atoms with E-state index in [0.717, 1.165) is 18.0 Å². The third-order valence-corrected chi connectivity index (χ3v) is 3.83. The SMILES string of the molecule is Cc1ccc(C(=O)CN(C)CC2CCCC2)cc1. The van der Waals surface area contributed by atoms with E-state index in [4.69, 9.17) is 0 Å². The molecule has 0 unspecified atom stereocenters. The first-order valence-electron chi connectivity index (χ1n) is 6.93. The van der Waals surface area contributed by atoms with Gasteiger partial charge in [-0.2, -0.15) is 0 Å². The average molecular weight is 245 g/mol. The van der Waals surface area contributed by atoms with Crippen LogP contribution >= 0.6 is 0 Å². The number of rotatable bonds is 5. The standard InChI is InChI=1S/C16H23NO/c1-13-7-9-15(10-8-13)16(18)12-17(2)11-14-5-3-4-6-14/h7-10,14H,3-6,11-12H2,1-2H3. The van der Waals surface area contributed by atoms with Crippen LogP contribution in [0, 0.1) is 12.8 Å². The molecule has 98 valence electrons. The normalized spacial score (nSPS) is 16.4. The van der Waals surface area contributed by atoms with Crippen molar-refractivity contribution in [2.24, 2.45) is 5.92 Å². The molecule has 1 aliphatic carbocycles. The number of likely N-dealkylation sites (N-methyl/N-ethyl adjacent to an activating group) is 1. The van der Waals surface area contributed by atoms with Gasteiger partial charge in [0, 0.05) is 12.1 Å². The van der Waals surface area contributed by atoms with E-state index in [1.165, 1.54) is 31.2 Å². The molecule has 18 heavy (non-hydrogen) atoms. The molecule has 1 aromatic rings. The first-order chi connectivity index (χ1) is 8.65. The molecule has 2 nitrogen and oxygen atoms in total. The van der Waals surface area contributed by atoms with Gasteiger partial charge in [-0.25, -0.2) is 0 Å². The van der Waals surface area contributed by atoms with Gasteiger partial charge in [0.1, 0.15) is 0 Å². The monoisotopic (exact) mass is 245 g/mol. The van der Waals surface area contributed by atoms with Crippen molar-refractivity contribution in [3.63, 3.8) is 0 Å². The second-order valence-corrected chi connectivity index (χ2v) is 5.64. The quantitative estimate of drug-likeness (QED) is 0.742. The maximum atomic E-state index is 12.1. The summed E-state index contributed by atoms with van der Waals surface area (Å²) in [6.07, 6.45) is 5.40. The number of benzene rings is 1. The summed E-state index contributed by atoms with van der Waals surface area (Å²) in [5, 5.41) is 0. The maximum Gasteiger partial charge on any atom is 0.176 e. The zero-order valence-electron chi connectivity index (χ0n) is 11.5. The molecule has 2 heteroatoms. The summed E-state index contributed by atoms with van der Waals surface area (Å²) in [6, 6.07) is 7.87. The van der Waals surface area contributed by atoms with Crippen LogP contribution in [0.15, 0.2) is 24.3 Å². The predicted octanol–water partition coefficient (Wildman–Crippen LogP) is 3.30. The van der Waals surface area contributed by atoms with Crippen LogP contribution in [0.5, 0.6) is 0 Å². The fraction of sp³-hybridized carbons (Fsp3) is 0.562. The van der Waals surface area contributed by atoms with Crippen molar-refractivity contribution < 1.29 is 4.79 Å². The molecule has 1 saturated carbocycles. The van der Waals surface area contributed by atoms with Crippen LogP contribution in [-0.4, -0.2) is 30.8 Å². The zero-order chi connectivity index (χ0) is 13.0. The van der Waals surface area contributed by atoms with Crippen molar-refractivity contribution in [1.29, 1.82) is 0 Å². The number of Topliss-reactive ketones (excluding diaryl/α,β-unsaturated/α-hetero) is 1. The Hall–Kier alpha value is -1.15. The number of aryl methyl sites for hydroxylation is 1. The lowest BCUT2D eigenvalue weighted by molar-refractivity contribution is 0.0938. The number of nitrogens with zero attached hydrogens (tertiary/aromatic N) is 1. The average Bonchev–Trinajstić information content (AvgIpc) is 2.82. The smallest absolute Gasteiger partial charge is 0.176 e. The van der Waals surface area contributed by atoms with E-state index < -0.39 is 0 Å². The Morgan fingerprint density at radius 2 is 1.83 bits per heavy atom. The minimum Gasteiger partial charge on any atom is -0.299 e. The first-order valence-corrected chi connectivity index (χ1v) is 6.93. The van der Waals surface area contributed by atoms with Crippen molar-refractivity contribution in [1.82, 2.24) is 4.90 Å². The molecule has 0 bridgehead atoms. The van der Waals surface area contributed by atoms with Gasteiger partial charge >= 0.3 is 0 Å². The van der Waals surface area contributed by atoms with Gasteiger partial charge < -0.3 is 0 Å². The molecule has 0 saturated heterocycles. The van der Waals surface area contributed by atoms with Gasteiger partial charge in [0.25, 0.3) is 0 Å². The zero-order valence-corrected chi connectivity index (χ0v) is 11.5. The fourth-order valence-corrected chi connectivity index (χ4v) is 2.77. The third kappa shape index (κ3) is 3.67. The molecule has 0 amide bonds. The number of hydrogen-bond acceptors (Lipinski definition) is 2. The number of ketones is 1. The highest BCUT2D eigenvalue weighted by atomic mass is 16.1. The lowest BCUT2D eigenvalue weighted by Crippen LogP contribution is -2.30. The number of carbonyl (C=O) groups is 1. The fourth-order valence-electron chi connectivity index (χ4n) is 2.77. The molecule has 2 rings (SSSR count). The largest absolute Gasteiger partial charge is 0.299 e. The minimum atomic E-state index is 0.232. The van der Waals surface area contributed by atoms with Gasteiger partial charge in [0.05, 0.1) is 6.54 Å². The molecular formula is C16H23NO. The third-order valence-electron chi connectivity index (χ3n) is 3.83. The molecule has 0 aliphatic heterocycles. The first kappa shape index (κ1) is 13.3. The van der Waals surface area contributed by atoms with Crippen LogP contribution in [-0.2, 0) is 0 Å². The summed E-state index contributed by atoms with van der Waals surface area (Å²) in [5.74, 6) is 1.04. The molecule has 0 heterocycles. The predicted molar refractivity (Wildman–Crippen MR) is 75.0 cm³/mol. The van der Waals surface area contributed by atoms with Crippen LogP contribution in [0.2, 0.25) is 0 Å². The highest BCUT2D eigenvalue weighted by Crippen LogP contribution is 2.25. The molecule has 0 spiro atoms. The summed E-state index contributed by atoms with van der Waals surface area (Å²) in [6.45, 7) is 3.65. The van der Waals surface area contributed by atoms with Crippen LogP contribution in [0.25, 0.3) is 0 Å². The minimum absolute atomic E-state index is 0.232. The van der Waals surface area contributed by atoms with Gasteiger partial charge in [-0.05, 0) is 32.7 Å². The molecule has 1 fully saturated rings. The van der Waals surface area contributed by atoms with E-state index in [1.54, 1.807) is 0 Å². The summed E-state index contributed by atoms with van der Waals surface area (Å²) in [5.41, 5.74) is 2.03. The van der Waals surface area contributed by atoms with E-state index in [2.05, 4.69) is 11.9 Å². The molecule has 0 aromatic heterocycles. The number of hydrogen-bond donors (Lipinski definition) is 0. The molecule has 0 radical (unpaired) electrons. The van der Waals surface area contributed by atoms with Crippen molar-refractivity contribution in [3.05, 3.63) is 35.4 Å². The highest BCUT2D eigenvalue weighted by Gasteiger charge is 2.18. The van der Waals surface area contributed by atoms with Gasteiger partial charge in [-0.3, -0.25) is 9.69 Å². The van der Waals surface area contributed by atoms with Crippen LogP contribution < -0.4 is 0 Å². The second-order valence-electron chi connectivity index (χ2n) is 5.64. The van der Waals surface area contributed by atoms with Gasteiger partial charge in [-0.15, -0.1) is 0 Å². The van der Waals surface area contributed by atoms with Gasteiger partial charge in [0.15, 0.2) is 5.78 Å². The topological polar surface area (TPSA) is 20.3 Å². The maximum absolute atomic E-state index is 12.1. The van der Waals surface area contributed by atoms with Crippen molar-refractivity contribution in [2.45, 2.75) is 32.6 Å². The van der Waals surface area contributed by atoms with Gasteiger partial charge in [0.2, 0.25) is 0 Å². The summed E-state index contributed by atoms with van der Waals surface area (Å²) >= 11 is 0.